The van der Waals surface area contributed by atoms with E-state index in [1.54, 1.807) is 0 Å². The Balaban J connectivity index is 2.58. The van der Waals surface area contributed by atoms with E-state index < -0.39 is 12.6 Å². The standard InChI is InChI=1S/C17H29NO4/c1-4-5-11-17(2,3)13-22-16(21-12-15(19)20)18-14-9-7-6-8-10-14/h4,14H,1,5-13H2,2-3H3,(H,19,20). The van der Waals surface area contributed by atoms with Crippen molar-refractivity contribution < 1.29 is 19.4 Å². The molecular weight excluding hydrogens is 282 g/mol. The van der Waals surface area contributed by atoms with Crippen LogP contribution < -0.4 is 0 Å². The topological polar surface area (TPSA) is 68.1 Å². The Morgan fingerprint density at radius 2 is 2.00 bits per heavy atom. The average molecular weight is 311 g/mol. The number of hydrogen-bond acceptors (Lipinski definition) is 4. The van der Waals surface area contributed by atoms with E-state index in [9.17, 15) is 4.79 Å². The van der Waals surface area contributed by atoms with Crippen molar-refractivity contribution in [3.63, 3.8) is 0 Å². The largest absolute Gasteiger partial charge is 0.479 e. The molecule has 5 heteroatoms. The van der Waals surface area contributed by atoms with Crippen molar-refractivity contribution in [1.82, 2.24) is 0 Å². The summed E-state index contributed by atoms with van der Waals surface area (Å²) in [6, 6.07) is 0.189. The molecule has 0 bridgehead atoms. The maximum Gasteiger partial charge on any atom is 0.384 e. The van der Waals surface area contributed by atoms with E-state index in [1.807, 2.05) is 6.08 Å². The number of carboxylic acid groups (broad SMARTS) is 1. The molecule has 0 aliphatic heterocycles. The van der Waals surface area contributed by atoms with E-state index in [-0.39, 0.29) is 17.5 Å². The van der Waals surface area contributed by atoms with Gasteiger partial charge in [-0.1, -0.05) is 39.2 Å². The van der Waals surface area contributed by atoms with Gasteiger partial charge in [-0.05, 0) is 31.1 Å². The van der Waals surface area contributed by atoms with E-state index in [1.165, 1.54) is 6.42 Å². The Kier molecular flexibility index (Phi) is 7.99. The van der Waals surface area contributed by atoms with Gasteiger partial charge in [-0.15, -0.1) is 6.58 Å². The molecule has 1 fully saturated rings. The van der Waals surface area contributed by atoms with Crippen molar-refractivity contribution >= 4 is 12.1 Å². The van der Waals surface area contributed by atoms with Crippen LogP contribution in [0.2, 0.25) is 0 Å². The molecule has 126 valence electrons. The SMILES string of the molecule is C=CCCC(C)(C)COC(=NC1CCCCC1)OCC(=O)O. The highest BCUT2D eigenvalue weighted by atomic mass is 16.7. The first-order chi connectivity index (χ1) is 10.4. The third-order valence-electron chi connectivity index (χ3n) is 3.79. The van der Waals surface area contributed by atoms with Crippen molar-refractivity contribution in [2.45, 2.75) is 64.8 Å². The first-order valence-corrected chi connectivity index (χ1v) is 8.09. The lowest BCUT2D eigenvalue weighted by Crippen LogP contribution is -2.26. The van der Waals surface area contributed by atoms with Crippen molar-refractivity contribution in [1.29, 1.82) is 0 Å². The van der Waals surface area contributed by atoms with Crippen molar-refractivity contribution in [3.8, 4) is 0 Å². The number of nitrogens with zero attached hydrogens (tertiary/aromatic N) is 1. The number of allylic oxidation sites excluding steroid dienone is 1. The molecule has 0 spiro atoms. The van der Waals surface area contributed by atoms with Crippen LogP contribution in [-0.2, 0) is 14.3 Å². The van der Waals surface area contributed by atoms with Crippen LogP contribution in [0.4, 0.5) is 0 Å². The summed E-state index contributed by atoms with van der Waals surface area (Å²) in [7, 11) is 0. The highest BCUT2D eigenvalue weighted by Crippen LogP contribution is 2.24. The molecule has 1 saturated carbocycles. The van der Waals surface area contributed by atoms with Crippen LogP contribution in [-0.4, -0.2) is 36.4 Å². The minimum absolute atomic E-state index is 0.0336. The molecule has 0 unspecified atom stereocenters. The van der Waals surface area contributed by atoms with Crippen LogP contribution in [0.25, 0.3) is 0 Å². The lowest BCUT2D eigenvalue weighted by molar-refractivity contribution is -0.140. The van der Waals surface area contributed by atoms with Crippen molar-refractivity contribution in [2.24, 2.45) is 10.4 Å². The molecule has 0 aromatic heterocycles. The molecule has 0 aromatic rings. The van der Waals surface area contributed by atoms with Gasteiger partial charge in [-0.2, -0.15) is 0 Å². The third-order valence-corrected chi connectivity index (χ3v) is 3.79. The Bertz CT molecular complexity index is 384. The number of carboxylic acids is 1. The van der Waals surface area contributed by atoms with Crippen LogP contribution in [0.3, 0.4) is 0 Å². The van der Waals surface area contributed by atoms with Crippen LogP contribution in [0.1, 0.15) is 58.8 Å². The van der Waals surface area contributed by atoms with Gasteiger partial charge in [0.2, 0.25) is 0 Å². The zero-order valence-corrected chi connectivity index (χ0v) is 13.8. The van der Waals surface area contributed by atoms with Crippen LogP contribution in [0.15, 0.2) is 17.6 Å². The van der Waals surface area contributed by atoms with Gasteiger partial charge in [0.05, 0.1) is 12.6 Å². The molecule has 22 heavy (non-hydrogen) atoms. The average Bonchev–Trinajstić information content (AvgIpc) is 2.49. The molecule has 0 amide bonds. The molecule has 1 rings (SSSR count). The summed E-state index contributed by atoms with van der Waals surface area (Å²) in [6.07, 6.45) is 9.48. The summed E-state index contributed by atoms with van der Waals surface area (Å²) in [6.45, 7) is 7.97. The maximum absolute atomic E-state index is 10.7. The van der Waals surface area contributed by atoms with Gasteiger partial charge in [0.1, 0.15) is 0 Å². The fourth-order valence-electron chi connectivity index (χ4n) is 2.42. The van der Waals surface area contributed by atoms with Gasteiger partial charge >= 0.3 is 12.1 Å². The van der Waals surface area contributed by atoms with Crippen LogP contribution in [0.5, 0.6) is 0 Å². The molecule has 1 aliphatic rings. The lowest BCUT2D eigenvalue weighted by Gasteiger charge is -2.25. The number of carbonyl (C=O) groups is 1. The fourth-order valence-corrected chi connectivity index (χ4v) is 2.42. The Labute approximate surface area is 133 Å². The Morgan fingerprint density at radius 1 is 1.32 bits per heavy atom. The number of hydrogen-bond donors (Lipinski definition) is 1. The summed E-state index contributed by atoms with van der Waals surface area (Å²) < 4.78 is 10.9. The number of aliphatic carboxylic acids is 1. The van der Waals surface area contributed by atoms with Crippen LogP contribution in [0, 0.1) is 5.41 Å². The van der Waals surface area contributed by atoms with Crippen molar-refractivity contribution in [2.75, 3.05) is 13.2 Å². The first kappa shape index (κ1) is 18.5. The van der Waals surface area contributed by atoms with Gasteiger partial charge in [-0.25, -0.2) is 9.79 Å². The highest BCUT2D eigenvalue weighted by molar-refractivity contribution is 5.74. The van der Waals surface area contributed by atoms with Gasteiger partial charge in [0.25, 0.3) is 0 Å². The van der Waals surface area contributed by atoms with E-state index in [0.29, 0.717) is 6.61 Å². The van der Waals surface area contributed by atoms with E-state index in [2.05, 4.69) is 25.4 Å². The maximum atomic E-state index is 10.7. The molecule has 0 atom stereocenters. The highest BCUT2D eigenvalue weighted by Gasteiger charge is 2.21. The number of rotatable bonds is 8. The molecule has 0 saturated heterocycles. The second-order valence-electron chi connectivity index (χ2n) is 6.65. The fraction of sp³-hybridized carbons (Fsp3) is 0.765. The Morgan fingerprint density at radius 3 is 2.59 bits per heavy atom. The smallest absolute Gasteiger partial charge is 0.384 e. The monoisotopic (exact) mass is 311 g/mol. The second kappa shape index (κ2) is 9.49. The normalized spacial score (nSPS) is 17.1. The minimum atomic E-state index is -1.02. The molecule has 0 aromatic carbocycles. The summed E-state index contributed by atoms with van der Waals surface area (Å²) in [5, 5.41) is 8.77. The molecule has 0 radical (unpaired) electrons. The van der Waals surface area contributed by atoms with E-state index in [0.717, 1.165) is 38.5 Å². The molecule has 1 aliphatic carbocycles. The van der Waals surface area contributed by atoms with Gasteiger partial charge < -0.3 is 14.6 Å². The molecule has 1 N–H and O–H groups in total. The second-order valence-corrected chi connectivity index (χ2v) is 6.65. The summed E-state index contributed by atoms with van der Waals surface area (Å²) in [5.41, 5.74) is -0.0336. The molecule has 0 heterocycles. The Hall–Kier alpha value is -1.52. The summed E-state index contributed by atoms with van der Waals surface area (Å²) in [5.74, 6) is -1.02. The summed E-state index contributed by atoms with van der Waals surface area (Å²) >= 11 is 0. The van der Waals surface area contributed by atoms with E-state index >= 15 is 0 Å². The zero-order chi connectivity index (χ0) is 16.4. The van der Waals surface area contributed by atoms with Gasteiger partial charge in [0, 0.05) is 0 Å². The van der Waals surface area contributed by atoms with Crippen LogP contribution >= 0.6 is 0 Å². The molecular formula is C17H29NO4. The third kappa shape index (κ3) is 8.05. The number of ether oxygens (including phenoxy) is 2. The zero-order valence-electron chi connectivity index (χ0n) is 13.8. The predicted octanol–water partition coefficient (Wildman–Crippen LogP) is 3.79. The predicted molar refractivity (Wildman–Crippen MR) is 87.1 cm³/mol. The number of aliphatic imine (C=N–C) groups is 1. The molecule has 5 nitrogen and oxygen atoms in total. The minimum Gasteiger partial charge on any atom is -0.479 e. The first-order valence-electron chi connectivity index (χ1n) is 8.09. The van der Waals surface area contributed by atoms with Gasteiger partial charge in [0.15, 0.2) is 6.61 Å². The van der Waals surface area contributed by atoms with Crippen molar-refractivity contribution in [3.05, 3.63) is 12.7 Å². The van der Waals surface area contributed by atoms with Gasteiger partial charge in [-0.3, -0.25) is 0 Å². The lowest BCUT2D eigenvalue weighted by atomic mass is 9.89. The quantitative estimate of drug-likeness (QED) is 0.421. The van der Waals surface area contributed by atoms with E-state index in [4.69, 9.17) is 14.6 Å². The summed E-state index contributed by atoms with van der Waals surface area (Å²) in [4.78, 5) is 15.2.